The first-order valence-electron chi connectivity index (χ1n) is 8.81. The van der Waals surface area contributed by atoms with Gasteiger partial charge in [0.2, 0.25) is 0 Å². The van der Waals surface area contributed by atoms with Crippen LogP contribution < -0.4 is 5.32 Å². The molecule has 0 spiro atoms. The molecule has 1 aliphatic heterocycles. The van der Waals surface area contributed by atoms with Crippen molar-refractivity contribution in [3.8, 4) is 0 Å². The summed E-state index contributed by atoms with van der Waals surface area (Å²) in [7, 11) is 0. The molecule has 2 aromatic carbocycles. The van der Waals surface area contributed by atoms with E-state index < -0.39 is 29.1 Å². The summed E-state index contributed by atoms with van der Waals surface area (Å²) < 4.78 is 77.2. The molecule has 0 bridgehead atoms. The van der Waals surface area contributed by atoms with Gasteiger partial charge in [0.15, 0.2) is 0 Å². The van der Waals surface area contributed by atoms with Crippen LogP contribution in [0, 0.1) is 5.92 Å². The van der Waals surface area contributed by atoms with Gasteiger partial charge in [-0.15, -0.1) is 12.4 Å². The monoisotopic (exact) mass is 439 g/mol. The Labute approximate surface area is 170 Å². The molecule has 1 aliphatic rings. The maximum absolute atomic E-state index is 12.9. The number of alkyl halides is 6. The lowest BCUT2D eigenvalue weighted by molar-refractivity contribution is -0.138. The number of piperidine rings is 1. The van der Waals surface area contributed by atoms with Crippen molar-refractivity contribution >= 4 is 12.4 Å². The van der Waals surface area contributed by atoms with Crippen molar-refractivity contribution in [1.82, 2.24) is 5.32 Å². The number of benzene rings is 2. The summed E-state index contributed by atoms with van der Waals surface area (Å²) >= 11 is 0. The van der Waals surface area contributed by atoms with E-state index in [1.165, 1.54) is 24.3 Å². The molecule has 0 aliphatic carbocycles. The molecule has 3 rings (SSSR count). The van der Waals surface area contributed by atoms with Gasteiger partial charge in [-0.1, -0.05) is 24.3 Å². The Morgan fingerprint density at radius 3 is 1.28 bits per heavy atom. The number of aliphatic hydroxyl groups is 1. The molecule has 0 atom stereocenters. The predicted molar refractivity (Wildman–Crippen MR) is 98.7 cm³/mol. The van der Waals surface area contributed by atoms with E-state index >= 15 is 0 Å². The van der Waals surface area contributed by atoms with Gasteiger partial charge in [-0.05, 0) is 67.2 Å². The van der Waals surface area contributed by atoms with Crippen molar-refractivity contribution in [2.24, 2.45) is 5.92 Å². The summed E-state index contributed by atoms with van der Waals surface area (Å²) in [6.45, 7) is 1.21. The minimum Gasteiger partial charge on any atom is -0.380 e. The summed E-state index contributed by atoms with van der Waals surface area (Å²) in [5.41, 5.74) is -2.93. The van der Waals surface area contributed by atoms with Crippen LogP contribution in [0.1, 0.15) is 35.1 Å². The Bertz CT molecular complexity index is 738. The summed E-state index contributed by atoms with van der Waals surface area (Å²) in [5, 5.41) is 14.7. The minimum absolute atomic E-state index is 0. The van der Waals surface area contributed by atoms with Crippen molar-refractivity contribution < 1.29 is 31.4 Å². The summed E-state index contributed by atoms with van der Waals surface area (Å²) in [6.07, 6.45) is -7.95. The van der Waals surface area contributed by atoms with E-state index in [0.717, 1.165) is 24.3 Å². The van der Waals surface area contributed by atoms with Crippen molar-refractivity contribution in [3.05, 3.63) is 70.8 Å². The lowest BCUT2D eigenvalue weighted by Crippen LogP contribution is -2.42. The van der Waals surface area contributed by atoms with E-state index in [-0.39, 0.29) is 29.5 Å². The molecule has 1 saturated heterocycles. The molecular formula is C20H20ClF6NO. The number of hydrogen-bond acceptors (Lipinski definition) is 2. The number of hydrogen-bond donors (Lipinski definition) is 2. The molecule has 1 fully saturated rings. The lowest BCUT2D eigenvalue weighted by Gasteiger charge is -2.40. The van der Waals surface area contributed by atoms with E-state index in [2.05, 4.69) is 5.32 Å². The first-order chi connectivity index (χ1) is 13.0. The van der Waals surface area contributed by atoms with Crippen molar-refractivity contribution in [3.63, 3.8) is 0 Å². The third kappa shape index (κ3) is 4.87. The third-order valence-corrected chi connectivity index (χ3v) is 5.23. The van der Waals surface area contributed by atoms with Crippen LogP contribution in [0.25, 0.3) is 0 Å². The highest BCUT2D eigenvalue weighted by Gasteiger charge is 2.42. The molecule has 0 saturated carbocycles. The van der Waals surface area contributed by atoms with Crippen LogP contribution in [0.15, 0.2) is 48.5 Å². The quantitative estimate of drug-likeness (QED) is 0.629. The van der Waals surface area contributed by atoms with Gasteiger partial charge >= 0.3 is 12.4 Å². The molecule has 0 amide bonds. The van der Waals surface area contributed by atoms with Gasteiger partial charge < -0.3 is 10.4 Å². The van der Waals surface area contributed by atoms with E-state index in [9.17, 15) is 31.4 Å². The summed E-state index contributed by atoms with van der Waals surface area (Å²) in [4.78, 5) is 0. The second-order valence-corrected chi connectivity index (χ2v) is 6.94. The molecule has 2 nitrogen and oxygen atoms in total. The first kappa shape index (κ1) is 23.5. The highest BCUT2D eigenvalue weighted by atomic mass is 35.5. The molecule has 0 radical (unpaired) electrons. The average molecular weight is 440 g/mol. The molecule has 2 N–H and O–H groups in total. The predicted octanol–water partition coefficient (Wildman–Crippen LogP) is 5.38. The molecule has 29 heavy (non-hydrogen) atoms. The largest absolute Gasteiger partial charge is 0.416 e. The van der Waals surface area contributed by atoms with Crippen molar-refractivity contribution in [1.29, 1.82) is 0 Å². The topological polar surface area (TPSA) is 32.3 Å². The van der Waals surface area contributed by atoms with Crippen LogP contribution in [0.4, 0.5) is 26.3 Å². The standard InChI is InChI=1S/C20H19F6NO.ClH/c21-19(22,23)16-5-1-13(2-6-16)18(28,15-9-11-27-12-10-15)14-3-7-17(8-4-14)20(24,25)26;/h1-8,15,27-28H,9-12H2;1H. The SMILES string of the molecule is Cl.OC(c1ccc(C(F)(F)F)cc1)(c1ccc(C(F)(F)F)cc1)C1CCNCC1. The molecule has 0 aromatic heterocycles. The highest BCUT2D eigenvalue weighted by Crippen LogP contribution is 2.43. The Kier molecular flexibility index (Phi) is 6.92. The molecule has 0 unspecified atom stereocenters. The Morgan fingerprint density at radius 1 is 0.655 bits per heavy atom. The summed E-state index contributed by atoms with van der Waals surface area (Å²) in [6, 6.07) is 8.31. The van der Waals surface area contributed by atoms with E-state index in [1.807, 2.05) is 0 Å². The van der Waals surface area contributed by atoms with Crippen molar-refractivity contribution in [2.45, 2.75) is 30.8 Å². The van der Waals surface area contributed by atoms with Gasteiger partial charge in [0.1, 0.15) is 5.60 Å². The molecule has 160 valence electrons. The third-order valence-electron chi connectivity index (χ3n) is 5.23. The van der Waals surface area contributed by atoms with E-state index in [0.29, 0.717) is 25.9 Å². The fourth-order valence-corrected chi connectivity index (χ4v) is 3.70. The Morgan fingerprint density at radius 2 is 0.966 bits per heavy atom. The zero-order valence-electron chi connectivity index (χ0n) is 15.1. The van der Waals surface area contributed by atoms with Crippen LogP contribution >= 0.6 is 12.4 Å². The van der Waals surface area contributed by atoms with Gasteiger partial charge in [-0.2, -0.15) is 26.3 Å². The molecule has 1 heterocycles. The zero-order chi connectivity index (χ0) is 20.6. The van der Waals surface area contributed by atoms with Crippen LogP contribution in [-0.2, 0) is 18.0 Å². The van der Waals surface area contributed by atoms with E-state index in [4.69, 9.17) is 0 Å². The number of nitrogens with one attached hydrogen (secondary N) is 1. The highest BCUT2D eigenvalue weighted by molar-refractivity contribution is 5.85. The summed E-state index contributed by atoms with van der Waals surface area (Å²) in [5.74, 6) is -0.345. The fraction of sp³-hybridized carbons (Fsp3) is 0.400. The number of rotatable bonds is 3. The molecule has 9 heteroatoms. The van der Waals surface area contributed by atoms with Crippen LogP contribution in [0.3, 0.4) is 0 Å². The first-order valence-corrected chi connectivity index (χ1v) is 8.81. The van der Waals surface area contributed by atoms with Gasteiger partial charge in [0.05, 0.1) is 11.1 Å². The fourth-order valence-electron chi connectivity index (χ4n) is 3.70. The van der Waals surface area contributed by atoms with Crippen LogP contribution in [-0.4, -0.2) is 18.2 Å². The van der Waals surface area contributed by atoms with Gasteiger partial charge in [0.25, 0.3) is 0 Å². The van der Waals surface area contributed by atoms with Gasteiger partial charge in [-0.3, -0.25) is 0 Å². The van der Waals surface area contributed by atoms with Crippen molar-refractivity contribution in [2.75, 3.05) is 13.1 Å². The van der Waals surface area contributed by atoms with Gasteiger partial charge in [0, 0.05) is 0 Å². The Hall–Kier alpha value is -1.77. The average Bonchev–Trinajstić information content (AvgIpc) is 2.67. The second kappa shape index (κ2) is 8.53. The maximum atomic E-state index is 12.9. The number of halogens is 7. The second-order valence-electron chi connectivity index (χ2n) is 6.94. The normalized spacial score (nSPS) is 16.4. The molecular weight excluding hydrogens is 420 g/mol. The lowest BCUT2D eigenvalue weighted by atomic mass is 9.72. The van der Waals surface area contributed by atoms with E-state index in [1.54, 1.807) is 0 Å². The Balaban J connectivity index is 0.00000300. The zero-order valence-corrected chi connectivity index (χ0v) is 16.0. The van der Waals surface area contributed by atoms with Crippen LogP contribution in [0.5, 0.6) is 0 Å². The smallest absolute Gasteiger partial charge is 0.380 e. The maximum Gasteiger partial charge on any atom is 0.416 e. The van der Waals surface area contributed by atoms with Crippen LogP contribution in [0.2, 0.25) is 0 Å². The van der Waals surface area contributed by atoms with Gasteiger partial charge in [-0.25, -0.2) is 0 Å². The minimum atomic E-state index is -4.51. The molecule has 2 aromatic rings.